The van der Waals surface area contributed by atoms with Crippen LogP contribution in [0.2, 0.25) is 0 Å². The first kappa shape index (κ1) is 9.38. The summed E-state index contributed by atoms with van der Waals surface area (Å²) in [7, 11) is 0. The molecule has 13 heavy (non-hydrogen) atoms. The standard InChI is InChI=1S/C9H9NO3/c1-7(11)6-9(12)13-8-2-4-10-5-3-8/h2-5H,6H2,1H3. The van der Waals surface area contributed by atoms with E-state index in [9.17, 15) is 9.59 Å². The lowest BCUT2D eigenvalue weighted by Crippen LogP contribution is -2.11. The number of carbonyl (C=O) groups excluding carboxylic acids is 2. The molecule has 0 bridgehead atoms. The maximum absolute atomic E-state index is 11.0. The van der Waals surface area contributed by atoms with Gasteiger partial charge in [0.15, 0.2) is 0 Å². The SMILES string of the molecule is CC(=O)CC(=O)Oc1ccncc1. The predicted molar refractivity (Wildman–Crippen MR) is 45.2 cm³/mol. The van der Waals surface area contributed by atoms with Gasteiger partial charge >= 0.3 is 5.97 Å². The molecular formula is C9H9NO3. The molecule has 4 nitrogen and oxygen atoms in total. The zero-order chi connectivity index (χ0) is 9.68. The number of hydrogen-bond acceptors (Lipinski definition) is 4. The number of rotatable bonds is 3. The summed E-state index contributed by atoms with van der Waals surface area (Å²) in [6, 6.07) is 3.11. The highest BCUT2D eigenvalue weighted by Gasteiger charge is 2.06. The minimum atomic E-state index is -0.543. The van der Waals surface area contributed by atoms with Crippen LogP contribution in [-0.2, 0) is 9.59 Å². The Morgan fingerprint density at radius 2 is 2.00 bits per heavy atom. The summed E-state index contributed by atoms with van der Waals surface area (Å²) in [5, 5.41) is 0. The van der Waals surface area contributed by atoms with Crippen LogP contribution in [0.3, 0.4) is 0 Å². The molecule has 0 saturated heterocycles. The second-order valence-electron chi connectivity index (χ2n) is 2.54. The Morgan fingerprint density at radius 3 is 2.54 bits per heavy atom. The first-order valence-corrected chi connectivity index (χ1v) is 3.78. The van der Waals surface area contributed by atoms with Crippen molar-refractivity contribution in [2.75, 3.05) is 0 Å². The van der Waals surface area contributed by atoms with E-state index in [0.29, 0.717) is 5.75 Å². The number of hydrogen-bond donors (Lipinski definition) is 0. The van der Waals surface area contributed by atoms with Crippen LogP contribution in [0.25, 0.3) is 0 Å². The van der Waals surface area contributed by atoms with E-state index in [1.807, 2.05) is 0 Å². The fourth-order valence-electron chi connectivity index (χ4n) is 0.777. The highest BCUT2D eigenvalue weighted by atomic mass is 16.5. The normalized spacial score (nSPS) is 9.31. The van der Waals surface area contributed by atoms with Crippen molar-refractivity contribution in [3.8, 4) is 5.75 Å². The third-order valence-corrected chi connectivity index (χ3v) is 1.27. The van der Waals surface area contributed by atoms with Crippen molar-refractivity contribution in [2.24, 2.45) is 0 Å². The van der Waals surface area contributed by atoms with Crippen molar-refractivity contribution in [1.82, 2.24) is 4.98 Å². The lowest BCUT2D eigenvalue weighted by atomic mass is 10.3. The monoisotopic (exact) mass is 179 g/mol. The van der Waals surface area contributed by atoms with Gasteiger partial charge in [0.25, 0.3) is 0 Å². The van der Waals surface area contributed by atoms with Crippen LogP contribution in [0.15, 0.2) is 24.5 Å². The molecule has 0 atom stereocenters. The van der Waals surface area contributed by atoms with Crippen LogP contribution < -0.4 is 4.74 Å². The van der Waals surface area contributed by atoms with Crippen molar-refractivity contribution < 1.29 is 14.3 Å². The number of ether oxygens (including phenoxy) is 1. The lowest BCUT2D eigenvalue weighted by molar-refractivity contribution is -0.137. The largest absolute Gasteiger partial charge is 0.426 e. The van der Waals surface area contributed by atoms with Crippen molar-refractivity contribution in [2.45, 2.75) is 13.3 Å². The van der Waals surface area contributed by atoms with E-state index in [1.165, 1.54) is 19.3 Å². The molecule has 1 heterocycles. The Balaban J connectivity index is 2.50. The van der Waals surface area contributed by atoms with Gasteiger partial charge in [-0.3, -0.25) is 14.6 Å². The average molecular weight is 179 g/mol. The third-order valence-electron chi connectivity index (χ3n) is 1.27. The molecule has 0 fully saturated rings. The summed E-state index contributed by atoms with van der Waals surface area (Å²) in [6.45, 7) is 1.34. The molecule has 0 aliphatic heterocycles. The van der Waals surface area contributed by atoms with Crippen LogP contribution in [0.4, 0.5) is 0 Å². The highest BCUT2D eigenvalue weighted by Crippen LogP contribution is 2.07. The maximum Gasteiger partial charge on any atom is 0.318 e. The minimum absolute atomic E-state index is 0.192. The Labute approximate surface area is 75.5 Å². The molecule has 0 amide bonds. The second kappa shape index (κ2) is 4.35. The van der Waals surface area contributed by atoms with E-state index in [-0.39, 0.29) is 12.2 Å². The molecule has 0 aromatic carbocycles. The Bertz CT molecular complexity index is 308. The molecule has 4 heteroatoms. The van der Waals surface area contributed by atoms with E-state index < -0.39 is 5.97 Å². The summed E-state index contributed by atoms with van der Waals surface area (Å²) in [6.07, 6.45) is 2.83. The molecule has 0 aliphatic rings. The fourth-order valence-corrected chi connectivity index (χ4v) is 0.777. The highest BCUT2D eigenvalue weighted by molar-refractivity contribution is 5.94. The number of carbonyl (C=O) groups is 2. The van der Waals surface area contributed by atoms with Crippen LogP contribution >= 0.6 is 0 Å². The summed E-state index contributed by atoms with van der Waals surface area (Å²) in [5.41, 5.74) is 0. The van der Waals surface area contributed by atoms with Crippen molar-refractivity contribution in [3.63, 3.8) is 0 Å². The number of nitrogens with zero attached hydrogens (tertiary/aromatic N) is 1. The molecule has 1 aromatic rings. The predicted octanol–water partition coefficient (Wildman–Crippen LogP) is 0.966. The van der Waals surface area contributed by atoms with Crippen LogP contribution in [0.1, 0.15) is 13.3 Å². The smallest absolute Gasteiger partial charge is 0.318 e. The van der Waals surface area contributed by atoms with Gasteiger partial charge in [0.2, 0.25) is 0 Å². The van der Waals surface area contributed by atoms with Crippen LogP contribution in [0, 0.1) is 0 Å². The topological polar surface area (TPSA) is 56.3 Å². The molecule has 68 valence electrons. The molecule has 0 aliphatic carbocycles. The summed E-state index contributed by atoms with van der Waals surface area (Å²) in [4.78, 5) is 25.2. The Hall–Kier alpha value is -1.71. The first-order chi connectivity index (χ1) is 6.18. The van der Waals surface area contributed by atoms with Gasteiger partial charge in [-0.1, -0.05) is 0 Å². The zero-order valence-electron chi connectivity index (χ0n) is 7.19. The van der Waals surface area contributed by atoms with Gasteiger partial charge in [0.05, 0.1) is 0 Å². The average Bonchev–Trinajstić information content (AvgIpc) is 2.04. The molecule has 0 unspecified atom stereocenters. The van der Waals surface area contributed by atoms with Crippen molar-refractivity contribution >= 4 is 11.8 Å². The van der Waals surface area contributed by atoms with Gasteiger partial charge in [0.1, 0.15) is 18.0 Å². The molecule has 0 radical (unpaired) electrons. The Morgan fingerprint density at radius 1 is 1.38 bits per heavy atom. The zero-order valence-corrected chi connectivity index (χ0v) is 7.19. The van der Waals surface area contributed by atoms with E-state index in [0.717, 1.165) is 0 Å². The van der Waals surface area contributed by atoms with Crippen molar-refractivity contribution in [3.05, 3.63) is 24.5 Å². The van der Waals surface area contributed by atoms with Gasteiger partial charge in [-0.15, -0.1) is 0 Å². The number of Topliss-reactive ketones (excluding diaryl/α,β-unsaturated/α-hetero) is 1. The molecule has 0 spiro atoms. The summed E-state index contributed by atoms with van der Waals surface area (Å²) >= 11 is 0. The maximum atomic E-state index is 11.0. The number of pyridine rings is 1. The van der Waals surface area contributed by atoms with Gasteiger partial charge < -0.3 is 4.74 Å². The van der Waals surface area contributed by atoms with Gasteiger partial charge in [0, 0.05) is 12.4 Å². The van der Waals surface area contributed by atoms with E-state index in [2.05, 4.69) is 4.98 Å². The summed E-state index contributed by atoms with van der Waals surface area (Å²) in [5.74, 6) is -0.348. The van der Waals surface area contributed by atoms with Gasteiger partial charge in [-0.05, 0) is 19.1 Å². The van der Waals surface area contributed by atoms with Crippen LogP contribution in [-0.4, -0.2) is 16.7 Å². The minimum Gasteiger partial charge on any atom is -0.426 e. The quantitative estimate of drug-likeness (QED) is 0.512. The first-order valence-electron chi connectivity index (χ1n) is 3.78. The number of esters is 1. The molecule has 0 N–H and O–H groups in total. The second-order valence-corrected chi connectivity index (χ2v) is 2.54. The fraction of sp³-hybridized carbons (Fsp3) is 0.222. The number of aromatic nitrogens is 1. The van der Waals surface area contributed by atoms with Gasteiger partial charge in [-0.25, -0.2) is 0 Å². The van der Waals surface area contributed by atoms with Gasteiger partial charge in [-0.2, -0.15) is 0 Å². The van der Waals surface area contributed by atoms with E-state index >= 15 is 0 Å². The third kappa shape index (κ3) is 3.46. The molecule has 1 rings (SSSR count). The van der Waals surface area contributed by atoms with E-state index in [1.54, 1.807) is 12.1 Å². The molecule has 1 aromatic heterocycles. The molecular weight excluding hydrogens is 170 g/mol. The molecule has 0 saturated carbocycles. The van der Waals surface area contributed by atoms with Crippen LogP contribution in [0.5, 0.6) is 5.75 Å². The Kier molecular flexibility index (Phi) is 3.14. The van der Waals surface area contributed by atoms with Crippen molar-refractivity contribution in [1.29, 1.82) is 0 Å². The number of ketones is 1. The van der Waals surface area contributed by atoms with E-state index in [4.69, 9.17) is 4.74 Å². The lowest BCUT2D eigenvalue weighted by Gasteiger charge is -2.00. The summed E-state index contributed by atoms with van der Waals surface area (Å²) < 4.78 is 4.83.